The number of carbonyl (C=O) groups is 3. The first-order chi connectivity index (χ1) is 9.84. The Hall–Kier alpha value is -1.29. The summed E-state index contributed by atoms with van der Waals surface area (Å²) in [6, 6.07) is -1.29. The van der Waals surface area contributed by atoms with Crippen molar-refractivity contribution in [3.63, 3.8) is 0 Å². The van der Waals surface area contributed by atoms with Crippen LogP contribution >= 0.6 is 11.8 Å². The molecular formula is C11H18N2O6S2. The molecule has 0 aromatic heterocycles. The topological polar surface area (TPSA) is 130 Å². The minimum Gasteiger partial charge on any atom is -0.480 e. The van der Waals surface area contributed by atoms with E-state index in [-0.39, 0.29) is 35.6 Å². The van der Waals surface area contributed by atoms with E-state index in [4.69, 9.17) is 5.11 Å². The smallest absolute Gasteiger partial charge is 0.326 e. The maximum atomic E-state index is 11.6. The Kier molecular flexibility index (Phi) is 6.96. The number of nitrogens with one attached hydrogen (secondary N) is 2. The molecule has 0 radical (unpaired) electrons. The summed E-state index contributed by atoms with van der Waals surface area (Å²) in [5, 5.41) is 13.6. The first-order valence-electron chi connectivity index (χ1n) is 6.34. The lowest BCUT2D eigenvalue weighted by Gasteiger charge is -2.12. The predicted octanol–water partition coefficient (Wildman–Crippen LogP) is -1.39. The highest BCUT2D eigenvalue weighted by atomic mass is 32.2. The largest absolute Gasteiger partial charge is 0.480 e. The minimum absolute atomic E-state index is 0.0201. The zero-order valence-electron chi connectivity index (χ0n) is 11.3. The van der Waals surface area contributed by atoms with E-state index in [1.165, 1.54) is 11.8 Å². The highest BCUT2D eigenvalue weighted by Gasteiger charge is 2.28. The van der Waals surface area contributed by atoms with Crippen LogP contribution in [0.5, 0.6) is 0 Å². The monoisotopic (exact) mass is 338 g/mol. The molecule has 1 heterocycles. The lowest BCUT2D eigenvalue weighted by atomic mass is 10.2. The fourth-order valence-electron chi connectivity index (χ4n) is 1.90. The van der Waals surface area contributed by atoms with Crippen molar-refractivity contribution in [1.29, 1.82) is 0 Å². The van der Waals surface area contributed by atoms with Gasteiger partial charge in [0.1, 0.15) is 6.04 Å². The molecule has 3 N–H and O–H groups in total. The third kappa shape index (κ3) is 6.80. The number of rotatable bonds is 9. The van der Waals surface area contributed by atoms with Gasteiger partial charge in [-0.25, -0.2) is 13.2 Å². The summed E-state index contributed by atoms with van der Waals surface area (Å²) >= 11 is 1.24. The van der Waals surface area contributed by atoms with Gasteiger partial charge in [-0.15, -0.1) is 0 Å². The molecule has 0 saturated carbocycles. The van der Waals surface area contributed by atoms with Crippen molar-refractivity contribution in [2.24, 2.45) is 0 Å². The molecule has 0 bridgehead atoms. The third-order valence-corrected chi connectivity index (χ3v) is 5.71. The zero-order valence-corrected chi connectivity index (χ0v) is 12.9. The number of sulfone groups is 1. The lowest BCUT2D eigenvalue weighted by molar-refractivity contribution is -0.140. The Morgan fingerprint density at radius 2 is 2.14 bits per heavy atom. The van der Waals surface area contributed by atoms with Crippen LogP contribution in [-0.4, -0.2) is 66.9 Å². The summed E-state index contributed by atoms with van der Waals surface area (Å²) in [5.41, 5.74) is 0. The van der Waals surface area contributed by atoms with E-state index in [0.29, 0.717) is 18.6 Å². The Balaban J connectivity index is 2.19. The van der Waals surface area contributed by atoms with Gasteiger partial charge in [0.15, 0.2) is 9.84 Å². The van der Waals surface area contributed by atoms with Gasteiger partial charge in [0, 0.05) is 6.04 Å². The van der Waals surface area contributed by atoms with E-state index >= 15 is 0 Å². The van der Waals surface area contributed by atoms with Crippen molar-refractivity contribution < 1.29 is 27.9 Å². The number of carboxylic acids is 1. The summed E-state index contributed by atoms with van der Waals surface area (Å²) in [7, 11) is -3.02. The van der Waals surface area contributed by atoms with Gasteiger partial charge in [0.2, 0.25) is 12.3 Å². The first kappa shape index (κ1) is 17.8. The van der Waals surface area contributed by atoms with E-state index in [0.717, 1.165) is 0 Å². The third-order valence-electron chi connectivity index (χ3n) is 2.95. The van der Waals surface area contributed by atoms with Crippen LogP contribution in [0.25, 0.3) is 0 Å². The summed E-state index contributed by atoms with van der Waals surface area (Å²) in [6.45, 7) is 0. The van der Waals surface area contributed by atoms with Crippen molar-refractivity contribution in [3.05, 3.63) is 0 Å². The van der Waals surface area contributed by atoms with Gasteiger partial charge in [-0.2, -0.15) is 11.8 Å². The van der Waals surface area contributed by atoms with E-state index in [9.17, 15) is 22.8 Å². The zero-order chi connectivity index (χ0) is 15.9. The van der Waals surface area contributed by atoms with Crippen LogP contribution in [0.1, 0.15) is 12.8 Å². The molecule has 1 fully saturated rings. The molecule has 1 saturated heterocycles. The molecule has 0 aromatic carbocycles. The van der Waals surface area contributed by atoms with Crippen LogP contribution in [0.2, 0.25) is 0 Å². The van der Waals surface area contributed by atoms with E-state index in [2.05, 4.69) is 10.6 Å². The van der Waals surface area contributed by atoms with E-state index in [1.807, 2.05) is 0 Å². The van der Waals surface area contributed by atoms with Gasteiger partial charge >= 0.3 is 5.97 Å². The van der Waals surface area contributed by atoms with Crippen LogP contribution in [-0.2, 0) is 24.2 Å². The number of aliphatic carboxylic acids is 1. The van der Waals surface area contributed by atoms with Crippen LogP contribution in [0.15, 0.2) is 0 Å². The van der Waals surface area contributed by atoms with Gasteiger partial charge in [-0.05, 0) is 18.6 Å². The molecule has 120 valence electrons. The number of amides is 2. The second-order valence-corrected chi connectivity index (χ2v) is 8.02. The summed E-state index contributed by atoms with van der Waals surface area (Å²) in [6.07, 6.45) is 0.976. The Bertz CT molecular complexity index is 493. The fourth-order valence-corrected chi connectivity index (χ4v) is 4.39. The average molecular weight is 338 g/mol. The molecule has 0 spiro atoms. The number of carboxylic acid groups (broad SMARTS) is 1. The minimum atomic E-state index is -3.02. The highest BCUT2D eigenvalue weighted by Crippen LogP contribution is 2.12. The molecule has 1 rings (SSSR count). The molecular weight excluding hydrogens is 320 g/mol. The van der Waals surface area contributed by atoms with Crippen molar-refractivity contribution in [2.45, 2.75) is 24.9 Å². The number of carbonyl (C=O) groups excluding carboxylic acids is 2. The molecule has 21 heavy (non-hydrogen) atoms. The first-order valence-corrected chi connectivity index (χ1v) is 9.31. The molecule has 0 aliphatic carbocycles. The summed E-state index contributed by atoms with van der Waals surface area (Å²) in [5.74, 6) is -0.782. The molecule has 2 atom stereocenters. The molecule has 1 aliphatic rings. The number of thioether (sulfide) groups is 1. The van der Waals surface area contributed by atoms with Crippen LogP contribution in [0.4, 0.5) is 0 Å². The van der Waals surface area contributed by atoms with Gasteiger partial charge in [0.25, 0.3) is 0 Å². The molecule has 2 unspecified atom stereocenters. The number of hydrogen-bond donors (Lipinski definition) is 3. The standard InChI is InChI=1S/C11H18N2O6S2/c14-7-12-9(11(16)17)1-3-20-5-10(15)13-8-2-4-21(18,19)6-8/h7-9H,1-6H2,(H,12,14)(H,13,15)(H,16,17). The normalized spacial score (nSPS) is 21.4. The Labute approximate surface area is 127 Å². The van der Waals surface area contributed by atoms with Gasteiger partial charge < -0.3 is 15.7 Å². The summed E-state index contributed by atoms with van der Waals surface area (Å²) < 4.78 is 22.5. The van der Waals surface area contributed by atoms with Crippen molar-refractivity contribution in [1.82, 2.24) is 10.6 Å². The molecule has 2 amide bonds. The molecule has 8 nitrogen and oxygen atoms in total. The second-order valence-electron chi connectivity index (χ2n) is 4.68. The average Bonchev–Trinajstić information content (AvgIpc) is 2.72. The van der Waals surface area contributed by atoms with E-state index < -0.39 is 21.8 Å². The van der Waals surface area contributed by atoms with Crippen molar-refractivity contribution in [2.75, 3.05) is 23.0 Å². The predicted molar refractivity (Wildman–Crippen MR) is 77.8 cm³/mol. The second kappa shape index (κ2) is 8.23. The van der Waals surface area contributed by atoms with Crippen LogP contribution in [0, 0.1) is 0 Å². The maximum Gasteiger partial charge on any atom is 0.326 e. The van der Waals surface area contributed by atoms with E-state index in [1.54, 1.807) is 0 Å². The van der Waals surface area contributed by atoms with Crippen molar-refractivity contribution >= 4 is 39.9 Å². The highest BCUT2D eigenvalue weighted by molar-refractivity contribution is 7.99. The summed E-state index contributed by atoms with van der Waals surface area (Å²) in [4.78, 5) is 32.6. The van der Waals surface area contributed by atoms with Crippen molar-refractivity contribution in [3.8, 4) is 0 Å². The quantitative estimate of drug-likeness (QED) is 0.349. The Morgan fingerprint density at radius 3 is 2.67 bits per heavy atom. The van der Waals surface area contributed by atoms with Gasteiger partial charge in [-0.1, -0.05) is 0 Å². The SMILES string of the molecule is O=CNC(CCSCC(=O)NC1CCS(=O)(=O)C1)C(=O)O. The molecule has 10 heteroatoms. The number of hydrogen-bond acceptors (Lipinski definition) is 6. The molecule has 1 aliphatic heterocycles. The van der Waals surface area contributed by atoms with Gasteiger partial charge in [-0.3, -0.25) is 9.59 Å². The fraction of sp³-hybridized carbons (Fsp3) is 0.727. The van der Waals surface area contributed by atoms with Gasteiger partial charge in [0.05, 0.1) is 17.3 Å². The van der Waals surface area contributed by atoms with Crippen LogP contribution < -0.4 is 10.6 Å². The lowest BCUT2D eigenvalue weighted by Crippen LogP contribution is -2.37. The van der Waals surface area contributed by atoms with Crippen LogP contribution in [0.3, 0.4) is 0 Å². The Morgan fingerprint density at radius 1 is 1.43 bits per heavy atom. The maximum absolute atomic E-state index is 11.6. The molecule has 0 aromatic rings.